The van der Waals surface area contributed by atoms with Crippen molar-refractivity contribution in [2.45, 2.75) is 32.7 Å². The van der Waals surface area contributed by atoms with E-state index in [1.54, 1.807) is 4.90 Å². The zero-order valence-electron chi connectivity index (χ0n) is 15.6. The van der Waals surface area contributed by atoms with Crippen LogP contribution in [0.2, 0.25) is 0 Å². The van der Waals surface area contributed by atoms with Gasteiger partial charge in [-0.3, -0.25) is 9.80 Å². The molecule has 2 aliphatic heterocycles. The minimum absolute atomic E-state index is 0.101. The third-order valence-corrected chi connectivity index (χ3v) is 5.14. The Morgan fingerprint density at radius 3 is 2.96 bits per heavy atom. The van der Waals surface area contributed by atoms with Crippen LogP contribution in [-0.4, -0.2) is 55.7 Å². The van der Waals surface area contributed by atoms with E-state index in [9.17, 15) is 9.59 Å². The summed E-state index contributed by atoms with van der Waals surface area (Å²) in [4.78, 5) is 28.1. The molecule has 2 atom stereocenters. The van der Waals surface area contributed by atoms with Crippen molar-refractivity contribution < 1.29 is 9.59 Å². The molecule has 0 aliphatic carbocycles. The maximum atomic E-state index is 12.2. The van der Waals surface area contributed by atoms with Gasteiger partial charge in [0.25, 0.3) is 0 Å². The van der Waals surface area contributed by atoms with E-state index in [0.29, 0.717) is 31.4 Å². The molecule has 2 saturated heterocycles. The van der Waals surface area contributed by atoms with E-state index in [-0.39, 0.29) is 12.1 Å². The Balaban J connectivity index is 1.49. The predicted molar refractivity (Wildman–Crippen MR) is 104 cm³/mol. The number of hydrogen-bond acceptors (Lipinski definition) is 3. The highest BCUT2D eigenvalue weighted by molar-refractivity contribution is 5.95. The lowest BCUT2D eigenvalue weighted by Gasteiger charge is -2.35. The van der Waals surface area contributed by atoms with Gasteiger partial charge in [0.15, 0.2) is 0 Å². The van der Waals surface area contributed by atoms with Crippen LogP contribution < -0.4 is 20.9 Å². The van der Waals surface area contributed by atoms with Gasteiger partial charge in [0, 0.05) is 43.6 Å². The lowest BCUT2D eigenvalue weighted by Crippen LogP contribution is -2.47. The van der Waals surface area contributed by atoms with Crippen LogP contribution in [0.25, 0.3) is 0 Å². The van der Waals surface area contributed by atoms with Crippen molar-refractivity contribution in [2.75, 3.05) is 42.9 Å². The summed E-state index contributed by atoms with van der Waals surface area (Å²) in [7, 11) is 0. The Morgan fingerprint density at radius 1 is 1.38 bits per heavy atom. The molecule has 142 valence electrons. The number of urea groups is 2. The third kappa shape index (κ3) is 4.66. The minimum atomic E-state index is -0.218. The van der Waals surface area contributed by atoms with Crippen LogP contribution in [0, 0.1) is 5.92 Å². The molecule has 0 saturated carbocycles. The van der Waals surface area contributed by atoms with E-state index < -0.39 is 0 Å². The fraction of sp³-hybridized carbons (Fsp3) is 0.579. The van der Waals surface area contributed by atoms with Gasteiger partial charge in [-0.05, 0) is 50.4 Å². The summed E-state index contributed by atoms with van der Waals surface area (Å²) < 4.78 is 0. The molecule has 0 radical (unpaired) electrons. The summed E-state index contributed by atoms with van der Waals surface area (Å²) in [5.74, 6) is 0.727. The largest absolute Gasteiger partial charge is 0.336 e. The number of nitrogens with zero attached hydrogens (tertiary/aromatic N) is 2. The number of rotatable bonds is 5. The SMILES string of the molecule is C[C@H]1CCCN([C@@H](C)CNC(=O)Nc2cccc(N3CCNC3=O)c2)C1. The topological polar surface area (TPSA) is 76.7 Å². The van der Waals surface area contributed by atoms with Crippen molar-refractivity contribution in [1.82, 2.24) is 15.5 Å². The number of likely N-dealkylation sites (tertiary alicyclic amines) is 1. The Bertz CT molecular complexity index is 651. The summed E-state index contributed by atoms with van der Waals surface area (Å²) in [6.45, 7) is 8.55. The van der Waals surface area contributed by atoms with Crippen molar-refractivity contribution in [3.05, 3.63) is 24.3 Å². The average molecular weight is 359 g/mol. The molecule has 0 bridgehead atoms. The van der Waals surface area contributed by atoms with Crippen LogP contribution >= 0.6 is 0 Å². The van der Waals surface area contributed by atoms with Gasteiger partial charge >= 0.3 is 12.1 Å². The molecule has 1 aromatic carbocycles. The van der Waals surface area contributed by atoms with Gasteiger partial charge < -0.3 is 16.0 Å². The zero-order chi connectivity index (χ0) is 18.5. The van der Waals surface area contributed by atoms with Gasteiger partial charge in [-0.25, -0.2) is 9.59 Å². The van der Waals surface area contributed by atoms with Crippen LogP contribution in [0.3, 0.4) is 0 Å². The maximum absolute atomic E-state index is 12.2. The molecule has 2 aliphatic rings. The highest BCUT2D eigenvalue weighted by Crippen LogP contribution is 2.21. The second-order valence-corrected chi connectivity index (χ2v) is 7.36. The molecule has 2 heterocycles. The number of carbonyl (C=O) groups is 2. The Hall–Kier alpha value is -2.28. The molecule has 3 rings (SSSR count). The molecule has 0 unspecified atom stereocenters. The summed E-state index contributed by atoms with van der Waals surface area (Å²) in [6.07, 6.45) is 2.52. The van der Waals surface area contributed by atoms with E-state index in [0.717, 1.165) is 24.7 Å². The van der Waals surface area contributed by atoms with E-state index in [4.69, 9.17) is 0 Å². The van der Waals surface area contributed by atoms with Gasteiger partial charge in [0.1, 0.15) is 0 Å². The van der Waals surface area contributed by atoms with Crippen molar-refractivity contribution in [1.29, 1.82) is 0 Å². The smallest absolute Gasteiger partial charge is 0.321 e. The van der Waals surface area contributed by atoms with E-state index in [1.807, 2.05) is 24.3 Å². The van der Waals surface area contributed by atoms with E-state index in [2.05, 4.69) is 34.7 Å². The molecule has 3 N–H and O–H groups in total. The second-order valence-electron chi connectivity index (χ2n) is 7.36. The molecule has 26 heavy (non-hydrogen) atoms. The Labute approximate surface area is 155 Å². The Morgan fingerprint density at radius 2 is 2.23 bits per heavy atom. The first-order chi connectivity index (χ1) is 12.5. The molecule has 1 aromatic rings. The van der Waals surface area contributed by atoms with E-state index in [1.165, 1.54) is 12.8 Å². The number of nitrogens with one attached hydrogen (secondary N) is 3. The van der Waals surface area contributed by atoms with Crippen molar-refractivity contribution >= 4 is 23.4 Å². The maximum Gasteiger partial charge on any atom is 0.321 e. The quantitative estimate of drug-likeness (QED) is 0.756. The fourth-order valence-corrected chi connectivity index (χ4v) is 3.64. The first kappa shape index (κ1) is 18.5. The van der Waals surface area contributed by atoms with E-state index >= 15 is 0 Å². The third-order valence-electron chi connectivity index (χ3n) is 5.14. The normalized spacial score (nSPS) is 22.0. The van der Waals surface area contributed by atoms with Gasteiger partial charge in [0.05, 0.1) is 0 Å². The Kier molecular flexibility index (Phi) is 5.98. The van der Waals surface area contributed by atoms with Crippen molar-refractivity contribution in [2.24, 2.45) is 5.92 Å². The molecule has 7 heteroatoms. The van der Waals surface area contributed by atoms with Crippen molar-refractivity contribution in [3.8, 4) is 0 Å². The number of anilines is 2. The zero-order valence-corrected chi connectivity index (χ0v) is 15.6. The van der Waals surface area contributed by atoms with Crippen LogP contribution in [0.5, 0.6) is 0 Å². The summed E-state index contributed by atoms with van der Waals surface area (Å²) in [6, 6.07) is 7.36. The molecule has 7 nitrogen and oxygen atoms in total. The second kappa shape index (κ2) is 8.40. The predicted octanol–water partition coefficient (Wildman–Crippen LogP) is 2.46. The number of piperidine rings is 1. The number of carbonyl (C=O) groups excluding carboxylic acids is 2. The minimum Gasteiger partial charge on any atom is -0.336 e. The summed E-state index contributed by atoms with van der Waals surface area (Å²) in [5, 5.41) is 8.59. The fourth-order valence-electron chi connectivity index (χ4n) is 3.64. The molecule has 0 aromatic heterocycles. The van der Waals surface area contributed by atoms with Crippen LogP contribution in [0.1, 0.15) is 26.7 Å². The highest BCUT2D eigenvalue weighted by atomic mass is 16.2. The van der Waals surface area contributed by atoms with Gasteiger partial charge in [0.2, 0.25) is 0 Å². The standard InChI is InChI=1S/C19H29N5O2/c1-14-5-4-9-23(13-14)15(2)12-21-18(25)22-16-6-3-7-17(11-16)24-10-8-20-19(24)26/h3,6-7,11,14-15H,4-5,8-10,12-13H2,1-2H3,(H,20,26)(H2,21,22,25)/t14-,15-/m0/s1. The van der Waals surface area contributed by atoms with Crippen molar-refractivity contribution in [3.63, 3.8) is 0 Å². The number of amides is 4. The molecular weight excluding hydrogens is 330 g/mol. The average Bonchev–Trinajstić information content (AvgIpc) is 3.06. The first-order valence-corrected chi connectivity index (χ1v) is 9.47. The summed E-state index contributed by atoms with van der Waals surface area (Å²) in [5.41, 5.74) is 1.47. The van der Waals surface area contributed by atoms with Gasteiger partial charge in [-0.2, -0.15) is 0 Å². The van der Waals surface area contributed by atoms with Crippen LogP contribution in [0.4, 0.5) is 21.0 Å². The lowest BCUT2D eigenvalue weighted by atomic mass is 9.99. The first-order valence-electron chi connectivity index (χ1n) is 9.47. The van der Waals surface area contributed by atoms with Crippen LogP contribution in [0.15, 0.2) is 24.3 Å². The van der Waals surface area contributed by atoms with Gasteiger partial charge in [-0.15, -0.1) is 0 Å². The monoisotopic (exact) mass is 359 g/mol. The summed E-state index contributed by atoms with van der Waals surface area (Å²) >= 11 is 0. The van der Waals surface area contributed by atoms with Gasteiger partial charge in [-0.1, -0.05) is 13.0 Å². The lowest BCUT2D eigenvalue weighted by molar-refractivity contribution is 0.138. The highest BCUT2D eigenvalue weighted by Gasteiger charge is 2.22. The molecule has 4 amide bonds. The molecule has 2 fully saturated rings. The number of hydrogen-bond donors (Lipinski definition) is 3. The molecule has 0 spiro atoms. The van der Waals surface area contributed by atoms with Crippen LogP contribution in [-0.2, 0) is 0 Å². The molecular formula is C19H29N5O2. The number of benzene rings is 1.